The highest BCUT2D eigenvalue weighted by Gasteiger charge is 2.11. The van der Waals surface area contributed by atoms with Crippen LogP contribution in [-0.2, 0) is 4.79 Å². The summed E-state index contributed by atoms with van der Waals surface area (Å²) in [6.07, 6.45) is -0.157. The second kappa shape index (κ2) is 7.99. The van der Waals surface area contributed by atoms with Crippen LogP contribution in [0.4, 0.5) is 0 Å². The molecular formula is C17H17NO3S2. The van der Waals surface area contributed by atoms with Crippen LogP contribution in [0.25, 0.3) is 5.70 Å². The maximum Gasteiger partial charge on any atom is 0.308 e. The zero-order valence-corrected chi connectivity index (χ0v) is 14.5. The summed E-state index contributed by atoms with van der Waals surface area (Å²) < 4.78 is 5.15. The summed E-state index contributed by atoms with van der Waals surface area (Å²) in [6.45, 7) is 1.89. The zero-order chi connectivity index (χ0) is 16.8. The van der Waals surface area contributed by atoms with E-state index in [0.717, 1.165) is 21.9 Å². The van der Waals surface area contributed by atoms with Crippen molar-refractivity contribution in [1.29, 1.82) is 0 Å². The number of ether oxygens (including phenoxy) is 1. The number of thiol groups is 1. The summed E-state index contributed by atoms with van der Waals surface area (Å²) in [5, 5.41) is 10.9. The van der Waals surface area contributed by atoms with Crippen molar-refractivity contribution in [2.75, 3.05) is 7.11 Å². The van der Waals surface area contributed by atoms with Gasteiger partial charge in [0.25, 0.3) is 0 Å². The number of aliphatic carboxylic acids is 1. The van der Waals surface area contributed by atoms with Gasteiger partial charge in [-0.25, -0.2) is 0 Å². The molecule has 2 aromatic rings. The Kier molecular flexibility index (Phi) is 6.01. The Hall–Kier alpha value is -2.05. The summed E-state index contributed by atoms with van der Waals surface area (Å²) in [5.74, 6) is -0.155. The molecule has 1 N–H and O–H groups in total. The maximum atomic E-state index is 11.0. The van der Waals surface area contributed by atoms with Gasteiger partial charge in [0.2, 0.25) is 0 Å². The van der Waals surface area contributed by atoms with Gasteiger partial charge in [-0.3, -0.25) is 9.79 Å². The van der Waals surface area contributed by atoms with E-state index < -0.39 is 5.97 Å². The Labute approximate surface area is 144 Å². The maximum absolute atomic E-state index is 11.0. The van der Waals surface area contributed by atoms with E-state index in [1.165, 1.54) is 11.3 Å². The Balaban J connectivity index is 2.41. The van der Waals surface area contributed by atoms with Gasteiger partial charge in [0.1, 0.15) is 5.75 Å². The average Bonchev–Trinajstić information content (AvgIpc) is 3.05. The molecule has 0 amide bonds. The minimum Gasteiger partial charge on any atom is -0.497 e. The fraction of sp³-hybridized carbons (Fsp3) is 0.176. The molecule has 0 aliphatic heterocycles. The van der Waals surface area contributed by atoms with Gasteiger partial charge in [0, 0.05) is 10.6 Å². The summed E-state index contributed by atoms with van der Waals surface area (Å²) >= 11 is 5.85. The molecule has 1 aromatic carbocycles. The molecule has 0 radical (unpaired) electrons. The minimum atomic E-state index is -0.929. The smallest absolute Gasteiger partial charge is 0.308 e. The third-order valence-electron chi connectivity index (χ3n) is 3.13. The first kappa shape index (κ1) is 17.3. The van der Waals surface area contributed by atoms with E-state index >= 15 is 0 Å². The van der Waals surface area contributed by atoms with Crippen molar-refractivity contribution < 1.29 is 14.6 Å². The molecule has 4 nitrogen and oxygen atoms in total. The monoisotopic (exact) mass is 347 g/mol. The number of thiophene rings is 1. The van der Waals surface area contributed by atoms with Gasteiger partial charge < -0.3 is 9.84 Å². The number of nitrogens with zero attached hydrogens (tertiary/aromatic N) is 1. The normalized spacial score (nSPS) is 12.7. The third-order valence-corrected chi connectivity index (χ3v) is 4.38. The summed E-state index contributed by atoms with van der Waals surface area (Å²) in [5.41, 5.74) is 2.32. The summed E-state index contributed by atoms with van der Waals surface area (Å²) in [6, 6.07) is 11.4. The molecule has 6 heteroatoms. The molecule has 23 heavy (non-hydrogen) atoms. The highest BCUT2D eigenvalue weighted by Crippen LogP contribution is 2.29. The van der Waals surface area contributed by atoms with E-state index in [0.29, 0.717) is 10.6 Å². The van der Waals surface area contributed by atoms with Gasteiger partial charge in [-0.15, -0.1) is 24.0 Å². The van der Waals surface area contributed by atoms with Crippen LogP contribution < -0.4 is 4.74 Å². The number of hydrogen-bond acceptors (Lipinski definition) is 5. The van der Waals surface area contributed by atoms with Crippen LogP contribution in [0.2, 0.25) is 0 Å². The molecule has 1 aromatic heterocycles. The molecule has 0 aliphatic carbocycles. The van der Waals surface area contributed by atoms with E-state index in [1.807, 2.05) is 48.7 Å². The van der Waals surface area contributed by atoms with E-state index in [1.54, 1.807) is 7.11 Å². The van der Waals surface area contributed by atoms with Crippen LogP contribution in [-0.4, -0.2) is 23.9 Å². The van der Waals surface area contributed by atoms with E-state index in [4.69, 9.17) is 9.84 Å². The second-order valence-corrected chi connectivity index (χ2v) is 6.26. The molecule has 0 unspecified atom stereocenters. The molecule has 2 rings (SSSR count). The van der Waals surface area contributed by atoms with Crippen LogP contribution in [0.1, 0.15) is 23.8 Å². The fourth-order valence-electron chi connectivity index (χ4n) is 1.97. The molecule has 0 saturated heterocycles. The van der Waals surface area contributed by atoms with Crippen molar-refractivity contribution in [3.63, 3.8) is 0 Å². The third kappa shape index (κ3) is 4.71. The summed E-state index contributed by atoms with van der Waals surface area (Å²) in [7, 11) is 1.62. The first-order valence-electron chi connectivity index (χ1n) is 6.88. The first-order valence-corrected chi connectivity index (χ1v) is 8.21. The number of benzene rings is 1. The Morgan fingerprint density at radius 2 is 2.00 bits per heavy atom. The lowest BCUT2D eigenvalue weighted by molar-refractivity contribution is -0.136. The van der Waals surface area contributed by atoms with Gasteiger partial charge in [-0.2, -0.15) is 0 Å². The lowest BCUT2D eigenvalue weighted by atomic mass is 10.1. The lowest BCUT2D eigenvalue weighted by Gasteiger charge is -2.07. The van der Waals surface area contributed by atoms with E-state index in [9.17, 15) is 4.79 Å². The number of aliphatic imine (C=N–C) groups is 1. The number of carboxylic acid groups (broad SMARTS) is 1. The molecule has 0 fully saturated rings. The van der Waals surface area contributed by atoms with Gasteiger partial charge in [-0.05, 0) is 48.2 Å². The number of methoxy groups -OCH3 is 1. The number of rotatable bonds is 6. The first-order chi connectivity index (χ1) is 11.0. The second-order valence-electron chi connectivity index (χ2n) is 4.77. The van der Waals surface area contributed by atoms with Gasteiger partial charge >= 0.3 is 5.97 Å². The number of carboxylic acids is 1. The predicted molar refractivity (Wildman–Crippen MR) is 97.7 cm³/mol. The SMILES string of the molecule is COc1ccc(C(C)=N/C(=C(\S)CC(=O)O)c2cccs2)cc1. The molecule has 0 bridgehead atoms. The summed E-state index contributed by atoms with van der Waals surface area (Å²) in [4.78, 5) is 16.9. The lowest BCUT2D eigenvalue weighted by Crippen LogP contribution is -1.99. The molecule has 0 atom stereocenters. The Bertz CT molecular complexity index is 732. The fourth-order valence-corrected chi connectivity index (χ4v) is 3.09. The molecule has 1 heterocycles. The molecule has 120 valence electrons. The molecule has 0 aliphatic rings. The average molecular weight is 347 g/mol. The number of carbonyl (C=O) groups is 1. The van der Waals surface area contributed by atoms with Crippen LogP contribution >= 0.6 is 24.0 Å². The highest BCUT2D eigenvalue weighted by molar-refractivity contribution is 7.84. The van der Waals surface area contributed by atoms with Crippen LogP contribution in [0.3, 0.4) is 0 Å². The Morgan fingerprint density at radius 3 is 2.52 bits per heavy atom. The van der Waals surface area contributed by atoms with Crippen molar-refractivity contribution in [1.82, 2.24) is 0 Å². The standard InChI is InChI=1S/C17H17NO3S2/c1-11(12-5-7-13(21-2)8-6-12)18-17(14(22)10-16(19)20)15-4-3-9-23-15/h3-9,22H,10H2,1-2H3,(H,19,20)/b17-14-,18-11?. The zero-order valence-electron chi connectivity index (χ0n) is 12.8. The van der Waals surface area contributed by atoms with Crippen LogP contribution in [0.5, 0.6) is 5.75 Å². The Morgan fingerprint density at radius 1 is 1.30 bits per heavy atom. The van der Waals surface area contributed by atoms with Crippen LogP contribution in [0, 0.1) is 0 Å². The largest absolute Gasteiger partial charge is 0.497 e. The van der Waals surface area contributed by atoms with Crippen molar-refractivity contribution in [3.05, 3.63) is 57.1 Å². The highest BCUT2D eigenvalue weighted by atomic mass is 32.1. The van der Waals surface area contributed by atoms with Crippen molar-refractivity contribution >= 4 is 41.3 Å². The number of hydrogen-bond donors (Lipinski definition) is 2. The van der Waals surface area contributed by atoms with Crippen LogP contribution in [0.15, 0.2) is 51.7 Å². The van der Waals surface area contributed by atoms with Gasteiger partial charge in [-0.1, -0.05) is 6.07 Å². The topological polar surface area (TPSA) is 58.9 Å². The van der Waals surface area contributed by atoms with Gasteiger partial charge in [0.15, 0.2) is 0 Å². The molecule has 0 spiro atoms. The minimum absolute atomic E-state index is 0.157. The molecule has 0 saturated carbocycles. The predicted octanol–water partition coefficient (Wildman–Crippen LogP) is 4.34. The van der Waals surface area contributed by atoms with Gasteiger partial charge in [0.05, 0.1) is 24.1 Å². The van der Waals surface area contributed by atoms with Crippen molar-refractivity contribution in [2.45, 2.75) is 13.3 Å². The quantitative estimate of drug-likeness (QED) is 0.604. The molecular weight excluding hydrogens is 330 g/mol. The van der Waals surface area contributed by atoms with Crippen molar-refractivity contribution in [3.8, 4) is 5.75 Å². The van der Waals surface area contributed by atoms with E-state index in [2.05, 4.69) is 17.6 Å². The van der Waals surface area contributed by atoms with E-state index in [-0.39, 0.29) is 6.42 Å². The van der Waals surface area contributed by atoms with Crippen molar-refractivity contribution in [2.24, 2.45) is 4.99 Å².